The molecule has 12 rings (SSSR count). The molecule has 1 aliphatic carbocycles. The molecule has 0 saturated carbocycles. The summed E-state index contributed by atoms with van der Waals surface area (Å²) in [5.74, 6) is 0.739. The molecular formula is C55H39GeN3. The van der Waals surface area contributed by atoms with Crippen molar-refractivity contribution < 1.29 is 0 Å². The summed E-state index contributed by atoms with van der Waals surface area (Å²) in [6.45, 7) is 4.79. The van der Waals surface area contributed by atoms with Gasteiger partial charge in [-0.1, -0.05) is 0 Å². The summed E-state index contributed by atoms with van der Waals surface area (Å²) in [5.41, 5.74) is 14.1. The fraction of sp³-hybridized carbons (Fsp3) is 0.0545. The first-order valence-electron chi connectivity index (χ1n) is 20.5. The number of fused-ring (bicyclic) bond motifs is 10. The first-order valence-corrected chi connectivity index (χ1v) is 24.7. The van der Waals surface area contributed by atoms with Gasteiger partial charge in [0.1, 0.15) is 0 Å². The number of aromatic nitrogens is 3. The Morgan fingerprint density at radius 3 is 1.75 bits per heavy atom. The van der Waals surface area contributed by atoms with Crippen LogP contribution in [-0.4, -0.2) is 27.8 Å². The third-order valence-electron chi connectivity index (χ3n) is 13.1. The number of hydrogen-bond acceptors (Lipinski definition) is 2. The van der Waals surface area contributed by atoms with Gasteiger partial charge in [0, 0.05) is 0 Å². The quantitative estimate of drug-likeness (QED) is 0.162. The Balaban J connectivity index is 1.25. The van der Waals surface area contributed by atoms with Gasteiger partial charge in [-0.25, -0.2) is 0 Å². The molecule has 0 saturated heterocycles. The Hall–Kier alpha value is -6.82. The fourth-order valence-electron chi connectivity index (χ4n) is 10.6. The van der Waals surface area contributed by atoms with Crippen LogP contribution in [0, 0.1) is 0 Å². The van der Waals surface area contributed by atoms with Gasteiger partial charge in [0.2, 0.25) is 0 Å². The first-order chi connectivity index (χ1) is 29.1. The topological polar surface area (TPSA) is 30.7 Å². The van der Waals surface area contributed by atoms with E-state index in [-0.39, 0.29) is 5.41 Å². The van der Waals surface area contributed by atoms with Gasteiger partial charge in [0.15, 0.2) is 0 Å². The summed E-state index contributed by atoms with van der Waals surface area (Å²) in [4.78, 5) is 11.4. The predicted molar refractivity (Wildman–Crippen MR) is 247 cm³/mol. The molecule has 0 amide bonds. The van der Waals surface area contributed by atoms with E-state index in [4.69, 9.17) is 9.97 Å². The zero-order valence-electron chi connectivity index (χ0n) is 32.9. The van der Waals surface area contributed by atoms with Gasteiger partial charge in [0.05, 0.1) is 0 Å². The molecule has 3 nitrogen and oxygen atoms in total. The summed E-state index contributed by atoms with van der Waals surface area (Å²) in [7, 11) is 0. The Morgan fingerprint density at radius 2 is 1.02 bits per heavy atom. The fourth-order valence-corrected chi connectivity index (χ4v) is 21.6. The van der Waals surface area contributed by atoms with Crippen molar-refractivity contribution in [2.75, 3.05) is 0 Å². The van der Waals surface area contributed by atoms with Gasteiger partial charge in [-0.05, 0) is 0 Å². The van der Waals surface area contributed by atoms with Gasteiger partial charge < -0.3 is 0 Å². The van der Waals surface area contributed by atoms with Crippen LogP contribution in [0.4, 0.5) is 0 Å². The van der Waals surface area contributed by atoms with Crippen LogP contribution in [0.5, 0.6) is 0 Å². The Labute approximate surface area is 346 Å². The van der Waals surface area contributed by atoms with Crippen LogP contribution in [0.3, 0.4) is 0 Å². The SMILES string of the molecule is CC1(C)c2ccccc2-c2ccc3c4ccccc4n(-c4ccccc4-c4nc(-c5ccccc5)nc5[c]4[Ge]([c]4ccccc4)([c]4ccccc4)[c]4ccccc4-5)c3c21. The van der Waals surface area contributed by atoms with Crippen LogP contribution in [0.25, 0.3) is 72.5 Å². The molecule has 0 bridgehead atoms. The van der Waals surface area contributed by atoms with Crippen molar-refractivity contribution >= 4 is 52.7 Å². The molecule has 8 aromatic carbocycles. The number of hydrogen-bond donors (Lipinski definition) is 0. The molecule has 278 valence electrons. The van der Waals surface area contributed by atoms with Gasteiger partial charge >= 0.3 is 348 Å². The normalized spacial score (nSPS) is 14.2. The summed E-state index contributed by atoms with van der Waals surface area (Å²) >= 11 is -3.82. The molecule has 0 radical (unpaired) electrons. The molecule has 0 fully saturated rings. The van der Waals surface area contributed by atoms with Crippen LogP contribution < -0.4 is 17.6 Å². The van der Waals surface area contributed by atoms with Crippen LogP contribution in [0.15, 0.2) is 200 Å². The summed E-state index contributed by atoms with van der Waals surface area (Å²) in [6.07, 6.45) is 0. The molecule has 3 heterocycles. The van der Waals surface area contributed by atoms with E-state index in [1.807, 2.05) is 0 Å². The Kier molecular flexibility index (Phi) is 7.45. The predicted octanol–water partition coefficient (Wildman–Crippen LogP) is 10.6. The van der Waals surface area contributed by atoms with E-state index in [2.05, 4.69) is 219 Å². The van der Waals surface area contributed by atoms with Crippen molar-refractivity contribution in [1.82, 2.24) is 14.5 Å². The van der Waals surface area contributed by atoms with Crippen molar-refractivity contribution in [2.45, 2.75) is 19.3 Å². The standard InChI is InChI=1S/C55H39GeN3/c1-55(2)45-30-16-12-26-39(45)41-34-35-42-40-27-14-18-32-47(40)59(53(42)49(41)55)48-33-19-15-29-44(48)52-50-51(57-54(58-52)36-20-6-3-7-21-36)43-28-13-17-31-46(43)56(50,37-22-8-4-9-23-37)38-24-10-5-11-25-38/h3-35H,1-2H3. The minimum absolute atomic E-state index is 0.212. The van der Waals surface area contributed by atoms with Crippen molar-refractivity contribution in [3.63, 3.8) is 0 Å². The summed E-state index contributed by atoms with van der Waals surface area (Å²) in [6, 6.07) is 73.7. The molecule has 1 aliphatic heterocycles. The van der Waals surface area contributed by atoms with E-state index < -0.39 is 13.3 Å². The first kappa shape index (κ1) is 34.2. The molecule has 0 unspecified atom stereocenters. The van der Waals surface area contributed by atoms with E-state index in [1.54, 1.807) is 0 Å². The maximum absolute atomic E-state index is 5.80. The molecule has 0 atom stereocenters. The van der Waals surface area contributed by atoms with Crippen molar-refractivity contribution in [3.05, 3.63) is 211 Å². The van der Waals surface area contributed by atoms with Gasteiger partial charge in [0.25, 0.3) is 0 Å². The average Bonchev–Trinajstić information content (AvgIpc) is 3.88. The second kappa shape index (κ2) is 12.8. The Morgan fingerprint density at radius 1 is 0.458 bits per heavy atom. The van der Waals surface area contributed by atoms with E-state index in [0.717, 1.165) is 34.0 Å². The third kappa shape index (κ3) is 4.71. The second-order valence-electron chi connectivity index (χ2n) is 16.4. The van der Waals surface area contributed by atoms with Crippen molar-refractivity contribution in [1.29, 1.82) is 0 Å². The second-order valence-corrected chi connectivity index (χ2v) is 24.2. The number of rotatable bonds is 5. The van der Waals surface area contributed by atoms with Crippen LogP contribution in [-0.2, 0) is 5.41 Å². The monoisotopic (exact) mass is 815 g/mol. The van der Waals surface area contributed by atoms with Crippen LogP contribution in [0.2, 0.25) is 0 Å². The van der Waals surface area contributed by atoms with Gasteiger partial charge in [-0.15, -0.1) is 0 Å². The third-order valence-corrected chi connectivity index (χ3v) is 23.3. The van der Waals surface area contributed by atoms with Crippen LogP contribution >= 0.6 is 0 Å². The molecule has 2 aliphatic rings. The number of benzene rings is 8. The maximum atomic E-state index is 5.80. The molecule has 10 aromatic rings. The van der Waals surface area contributed by atoms with Crippen molar-refractivity contribution in [2.24, 2.45) is 0 Å². The van der Waals surface area contributed by atoms with E-state index in [0.29, 0.717) is 0 Å². The van der Waals surface area contributed by atoms with E-state index in [9.17, 15) is 0 Å². The zero-order valence-corrected chi connectivity index (χ0v) is 35.0. The molecule has 4 heteroatoms. The summed E-state index contributed by atoms with van der Waals surface area (Å²) in [5, 5.41) is 2.51. The number of para-hydroxylation sites is 2. The van der Waals surface area contributed by atoms with Gasteiger partial charge in [-0.2, -0.15) is 0 Å². The molecular weight excluding hydrogens is 775 g/mol. The average molecular weight is 815 g/mol. The van der Waals surface area contributed by atoms with Gasteiger partial charge in [-0.3, -0.25) is 0 Å². The van der Waals surface area contributed by atoms with E-state index in [1.165, 1.54) is 67.2 Å². The molecule has 59 heavy (non-hydrogen) atoms. The van der Waals surface area contributed by atoms with Crippen LogP contribution in [0.1, 0.15) is 25.0 Å². The molecule has 0 N–H and O–H groups in total. The molecule has 2 aromatic heterocycles. The number of nitrogens with zero attached hydrogens (tertiary/aromatic N) is 3. The minimum atomic E-state index is -3.82. The summed E-state index contributed by atoms with van der Waals surface area (Å²) < 4.78 is 7.98. The zero-order chi connectivity index (χ0) is 39.3. The Bertz CT molecular complexity index is 3250. The van der Waals surface area contributed by atoms with Crippen molar-refractivity contribution in [3.8, 4) is 50.7 Å². The molecule has 0 spiro atoms. The van der Waals surface area contributed by atoms with E-state index >= 15 is 0 Å².